The van der Waals surface area contributed by atoms with Crippen LogP contribution in [0.3, 0.4) is 0 Å². The van der Waals surface area contributed by atoms with Crippen molar-refractivity contribution in [2.45, 2.75) is 26.3 Å². The van der Waals surface area contributed by atoms with E-state index in [1.165, 1.54) is 0 Å². The molecule has 0 bridgehead atoms. The van der Waals surface area contributed by atoms with Crippen LogP contribution in [0.4, 0.5) is 4.79 Å². The number of hydrogen-bond acceptors (Lipinski definition) is 5. The molecule has 1 saturated heterocycles. The number of likely N-dealkylation sites (tertiary alicyclic amines) is 1. The normalized spacial score (nSPS) is 17.2. The monoisotopic (exact) mass is 331 g/mol. The summed E-state index contributed by atoms with van der Waals surface area (Å²) in [6.45, 7) is 5.08. The molecule has 1 atom stereocenters. The number of rotatable bonds is 4. The quantitative estimate of drug-likeness (QED) is 0.852. The van der Waals surface area contributed by atoms with Gasteiger partial charge in [-0.15, -0.1) is 0 Å². The van der Waals surface area contributed by atoms with Gasteiger partial charge in [0.15, 0.2) is 5.65 Å². The number of urea groups is 1. The lowest BCUT2D eigenvalue weighted by atomic mass is 10.2. The Hall–Kier alpha value is -2.64. The van der Waals surface area contributed by atoms with Crippen molar-refractivity contribution in [2.24, 2.45) is 0 Å². The molecule has 3 rings (SSSR count). The average molecular weight is 331 g/mol. The van der Waals surface area contributed by atoms with Crippen LogP contribution in [0.25, 0.3) is 11.2 Å². The Bertz CT molecular complexity index is 757. The number of aryl methyl sites for hydroxylation is 1. The molecular formula is C16H21N5O3. The summed E-state index contributed by atoms with van der Waals surface area (Å²) in [5, 5.41) is 2.60. The van der Waals surface area contributed by atoms with Crippen LogP contribution in [0.2, 0.25) is 0 Å². The molecular weight excluding hydrogens is 310 g/mol. The standard InChI is InChI=1S/C16H21N5O3/c1-3-24-14(22)9-18-16(23)20-8-6-12(10-20)21-11(2)19-13-5-4-7-17-15(13)21/h4-5,7,12H,3,6,8-10H2,1-2H3,(H,18,23). The van der Waals surface area contributed by atoms with E-state index >= 15 is 0 Å². The maximum Gasteiger partial charge on any atom is 0.325 e. The molecule has 2 aromatic heterocycles. The highest BCUT2D eigenvalue weighted by Crippen LogP contribution is 2.26. The molecule has 24 heavy (non-hydrogen) atoms. The third-order valence-electron chi connectivity index (χ3n) is 4.13. The lowest BCUT2D eigenvalue weighted by Gasteiger charge is -2.18. The van der Waals surface area contributed by atoms with Gasteiger partial charge in [0.05, 0.1) is 12.6 Å². The number of nitrogens with one attached hydrogen (secondary N) is 1. The van der Waals surface area contributed by atoms with Crippen molar-refractivity contribution in [1.29, 1.82) is 0 Å². The average Bonchev–Trinajstić information content (AvgIpc) is 3.16. The van der Waals surface area contributed by atoms with Crippen LogP contribution in [-0.4, -0.2) is 57.7 Å². The molecule has 128 valence electrons. The summed E-state index contributed by atoms with van der Waals surface area (Å²) in [6, 6.07) is 3.69. The highest BCUT2D eigenvalue weighted by Gasteiger charge is 2.29. The van der Waals surface area contributed by atoms with E-state index in [1.54, 1.807) is 18.0 Å². The number of hydrogen-bond donors (Lipinski definition) is 1. The van der Waals surface area contributed by atoms with Crippen LogP contribution in [-0.2, 0) is 9.53 Å². The molecule has 8 heteroatoms. The SMILES string of the molecule is CCOC(=O)CNC(=O)N1CCC(n2c(C)nc3cccnc32)C1. The second kappa shape index (κ2) is 6.86. The van der Waals surface area contributed by atoms with Gasteiger partial charge in [-0.3, -0.25) is 4.79 Å². The Balaban J connectivity index is 1.65. The molecule has 0 aliphatic carbocycles. The maximum atomic E-state index is 12.2. The Morgan fingerprint density at radius 1 is 1.46 bits per heavy atom. The summed E-state index contributed by atoms with van der Waals surface area (Å²) in [6.07, 6.45) is 2.58. The van der Waals surface area contributed by atoms with E-state index < -0.39 is 5.97 Å². The predicted molar refractivity (Wildman–Crippen MR) is 87.5 cm³/mol. The van der Waals surface area contributed by atoms with E-state index in [1.807, 2.05) is 19.1 Å². The summed E-state index contributed by atoms with van der Waals surface area (Å²) < 4.78 is 6.90. The molecule has 1 N–H and O–H groups in total. The number of aromatic nitrogens is 3. The summed E-state index contributed by atoms with van der Waals surface area (Å²) in [5.74, 6) is 0.463. The topological polar surface area (TPSA) is 89.4 Å². The number of amides is 2. The van der Waals surface area contributed by atoms with Gasteiger partial charge in [-0.2, -0.15) is 0 Å². The molecule has 1 aliphatic rings. The van der Waals surface area contributed by atoms with Crippen molar-refractivity contribution in [1.82, 2.24) is 24.8 Å². The first kappa shape index (κ1) is 16.2. The Kier molecular flexibility index (Phi) is 4.64. The van der Waals surface area contributed by atoms with Gasteiger partial charge in [0, 0.05) is 19.3 Å². The van der Waals surface area contributed by atoms with Crippen molar-refractivity contribution in [3.05, 3.63) is 24.2 Å². The zero-order valence-corrected chi connectivity index (χ0v) is 13.9. The van der Waals surface area contributed by atoms with Gasteiger partial charge >= 0.3 is 12.0 Å². The van der Waals surface area contributed by atoms with Gasteiger partial charge in [-0.25, -0.2) is 14.8 Å². The van der Waals surface area contributed by atoms with E-state index in [4.69, 9.17) is 4.74 Å². The molecule has 1 unspecified atom stereocenters. The maximum absolute atomic E-state index is 12.2. The van der Waals surface area contributed by atoms with Crippen LogP contribution in [0.1, 0.15) is 25.2 Å². The summed E-state index contributed by atoms with van der Waals surface area (Å²) in [5.41, 5.74) is 1.70. The minimum atomic E-state index is -0.428. The Morgan fingerprint density at radius 3 is 3.08 bits per heavy atom. The summed E-state index contributed by atoms with van der Waals surface area (Å²) >= 11 is 0. The van der Waals surface area contributed by atoms with Crippen molar-refractivity contribution in [2.75, 3.05) is 26.2 Å². The van der Waals surface area contributed by atoms with Crippen LogP contribution >= 0.6 is 0 Å². The molecule has 1 fully saturated rings. The highest BCUT2D eigenvalue weighted by molar-refractivity contribution is 5.81. The molecule has 0 spiro atoms. The highest BCUT2D eigenvalue weighted by atomic mass is 16.5. The van der Waals surface area contributed by atoms with Crippen molar-refractivity contribution in [3.63, 3.8) is 0 Å². The third kappa shape index (κ3) is 3.17. The second-order valence-electron chi connectivity index (χ2n) is 5.73. The number of carbonyl (C=O) groups excluding carboxylic acids is 2. The van der Waals surface area contributed by atoms with Gasteiger partial charge in [-0.1, -0.05) is 0 Å². The fraction of sp³-hybridized carbons (Fsp3) is 0.500. The summed E-state index contributed by atoms with van der Waals surface area (Å²) in [4.78, 5) is 34.2. The lowest BCUT2D eigenvalue weighted by Crippen LogP contribution is -2.41. The van der Waals surface area contributed by atoms with Crippen molar-refractivity contribution >= 4 is 23.2 Å². The first-order valence-electron chi connectivity index (χ1n) is 8.08. The van der Waals surface area contributed by atoms with Gasteiger partial charge in [0.2, 0.25) is 0 Å². The van der Waals surface area contributed by atoms with Crippen LogP contribution < -0.4 is 5.32 Å². The molecule has 3 heterocycles. The van der Waals surface area contributed by atoms with Crippen LogP contribution in [0, 0.1) is 6.92 Å². The fourth-order valence-electron chi connectivity index (χ4n) is 3.09. The van der Waals surface area contributed by atoms with Crippen LogP contribution in [0.15, 0.2) is 18.3 Å². The molecule has 8 nitrogen and oxygen atoms in total. The predicted octanol–water partition coefficient (Wildman–Crippen LogP) is 1.26. The fourth-order valence-corrected chi connectivity index (χ4v) is 3.09. The molecule has 1 aliphatic heterocycles. The largest absolute Gasteiger partial charge is 0.465 e. The molecule has 2 aromatic rings. The van der Waals surface area contributed by atoms with Crippen molar-refractivity contribution in [3.8, 4) is 0 Å². The van der Waals surface area contributed by atoms with Gasteiger partial charge < -0.3 is 19.5 Å². The molecule has 0 saturated carbocycles. The Morgan fingerprint density at radius 2 is 2.29 bits per heavy atom. The number of nitrogens with zero attached hydrogens (tertiary/aromatic N) is 4. The van der Waals surface area contributed by atoms with E-state index in [-0.39, 0.29) is 18.6 Å². The zero-order valence-electron chi connectivity index (χ0n) is 13.9. The number of ether oxygens (including phenoxy) is 1. The van der Waals surface area contributed by atoms with Crippen molar-refractivity contribution < 1.29 is 14.3 Å². The number of imidazole rings is 1. The van der Waals surface area contributed by atoms with Gasteiger partial charge in [0.25, 0.3) is 0 Å². The first-order chi connectivity index (χ1) is 11.6. The summed E-state index contributed by atoms with van der Waals surface area (Å²) in [7, 11) is 0. The van der Waals surface area contributed by atoms with Gasteiger partial charge in [0.1, 0.15) is 17.9 Å². The number of carbonyl (C=O) groups is 2. The molecule has 2 amide bonds. The zero-order chi connectivity index (χ0) is 17.1. The molecule has 0 aromatic carbocycles. The Labute approximate surface area is 139 Å². The smallest absolute Gasteiger partial charge is 0.325 e. The van der Waals surface area contributed by atoms with E-state index in [0.29, 0.717) is 19.7 Å². The lowest BCUT2D eigenvalue weighted by molar-refractivity contribution is -0.141. The van der Waals surface area contributed by atoms with E-state index in [0.717, 1.165) is 23.4 Å². The second-order valence-corrected chi connectivity index (χ2v) is 5.73. The number of fused-ring (bicyclic) bond motifs is 1. The number of esters is 1. The van der Waals surface area contributed by atoms with E-state index in [9.17, 15) is 9.59 Å². The first-order valence-corrected chi connectivity index (χ1v) is 8.08. The van der Waals surface area contributed by atoms with Gasteiger partial charge in [-0.05, 0) is 32.4 Å². The minimum absolute atomic E-state index is 0.109. The van der Waals surface area contributed by atoms with E-state index in [2.05, 4.69) is 19.9 Å². The number of pyridine rings is 1. The van der Waals surface area contributed by atoms with Crippen LogP contribution in [0.5, 0.6) is 0 Å². The third-order valence-corrected chi connectivity index (χ3v) is 4.13. The minimum Gasteiger partial charge on any atom is -0.465 e. The molecule has 0 radical (unpaired) electrons.